The zero-order valence-corrected chi connectivity index (χ0v) is 10.0. The summed E-state index contributed by atoms with van der Waals surface area (Å²) in [5.74, 6) is 0.710. The smallest absolute Gasteiger partial charge is 0.0471 e. The first-order valence-corrected chi connectivity index (χ1v) is 6.22. The second-order valence-electron chi connectivity index (χ2n) is 4.44. The molecule has 0 aliphatic carbocycles. The molecule has 0 aromatic heterocycles. The summed E-state index contributed by atoms with van der Waals surface area (Å²) < 4.78 is 5.43. The third-order valence-corrected chi connectivity index (χ3v) is 3.36. The van der Waals surface area contributed by atoms with E-state index >= 15 is 0 Å². The molecule has 2 rings (SSSR count). The molecule has 1 aromatic carbocycles. The Balaban J connectivity index is 2.11. The molecule has 0 bridgehead atoms. The molecule has 1 heterocycles. The van der Waals surface area contributed by atoms with Crippen LogP contribution in [0.15, 0.2) is 24.3 Å². The van der Waals surface area contributed by atoms with Gasteiger partial charge in [-0.2, -0.15) is 0 Å². The quantitative estimate of drug-likeness (QED) is 0.839. The van der Waals surface area contributed by atoms with Gasteiger partial charge < -0.3 is 10.1 Å². The first-order valence-electron chi connectivity index (χ1n) is 6.22. The lowest BCUT2D eigenvalue weighted by Gasteiger charge is -2.24. The lowest BCUT2D eigenvalue weighted by Crippen LogP contribution is -2.17. The molecule has 2 nitrogen and oxygen atoms in total. The van der Waals surface area contributed by atoms with Gasteiger partial charge in [-0.15, -0.1) is 0 Å². The van der Waals surface area contributed by atoms with Gasteiger partial charge in [0.25, 0.3) is 0 Å². The second kappa shape index (κ2) is 6.02. The average Bonchev–Trinajstić information content (AvgIpc) is 2.38. The average molecular weight is 219 g/mol. The van der Waals surface area contributed by atoms with Crippen molar-refractivity contribution in [3.8, 4) is 0 Å². The maximum absolute atomic E-state index is 5.43. The summed E-state index contributed by atoms with van der Waals surface area (Å²) >= 11 is 0. The molecule has 0 unspecified atom stereocenters. The maximum Gasteiger partial charge on any atom is 0.0471 e. The molecule has 0 radical (unpaired) electrons. The van der Waals surface area contributed by atoms with Crippen molar-refractivity contribution < 1.29 is 4.74 Å². The molecule has 2 heteroatoms. The lowest BCUT2D eigenvalue weighted by molar-refractivity contribution is 0.0851. The molecule has 1 aromatic rings. The number of benzene rings is 1. The van der Waals surface area contributed by atoms with Crippen molar-refractivity contribution in [3.63, 3.8) is 0 Å². The third-order valence-electron chi connectivity index (χ3n) is 3.36. The highest BCUT2D eigenvalue weighted by Gasteiger charge is 2.17. The van der Waals surface area contributed by atoms with E-state index in [1.165, 1.54) is 18.4 Å². The number of hydrogen-bond donors (Lipinski definition) is 1. The zero-order valence-electron chi connectivity index (χ0n) is 10.0. The summed E-state index contributed by atoms with van der Waals surface area (Å²) in [5, 5.41) is 3.22. The summed E-state index contributed by atoms with van der Waals surface area (Å²) in [6.07, 6.45) is 3.48. The molecular formula is C14H21NO. The molecule has 88 valence electrons. The predicted octanol–water partition coefficient (Wildman–Crippen LogP) is 2.34. The van der Waals surface area contributed by atoms with Gasteiger partial charge in [0, 0.05) is 13.2 Å². The van der Waals surface area contributed by atoms with Crippen molar-refractivity contribution in [1.29, 1.82) is 0 Å². The van der Waals surface area contributed by atoms with E-state index < -0.39 is 0 Å². The maximum atomic E-state index is 5.43. The van der Waals surface area contributed by atoms with Crippen LogP contribution in [0.1, 0.15) is 29.9 Å². The molecule has 1 aliphatic heterocycles. The van der Waals surface area contributed by atoms with E-state index in [1.807, 2.05) is 7.05 Å². The van der Waals surface area contributed by atoms with E-state index in [-0.39, 0.29) is 0 Å². The van der Waals surface area contributed by atoms with Crippen LogP contribution in [0, 0.1) is 0 Å². The van der Waals surface area contributed by atoms with Gasteiger partial charge in [0.05, 0.1) is 0 Å². The Bertz CT molecular complexity index is 318. The summed E-state index contributed by atoms with van der Waals surface area (Å²) in [7, 11) is 2.01. The Morgan fingerprint density at radius 1 is 1.25 bits per heavy atom. The number of rotatable bonds is 4. The van der Waals surface area contributed by atoms with Crippen LogP contribution < -0.4 is 5.32 Å². The molecule has 1 fully saturated rings. The summed E-state index contributed by atoms with van der Waals surface area (Å²) in [6, 6.07) is 8.87. The van der Waals surface area contributed by atoms with Gasteiger partial charge in [-0.05, 0) is 49.9 Å². The fourth-order valence-electron chi connectivity index (χ4n) is 2.43. The molecule has 1 N–H and O–H groups in total. The Labute approximate surface area is 98.0 Å². The van der Waals surface area contributed by atoms with Crippen LogP contribution in [0.2, 0.25) is 0 Å². The highest BCUT2D eigenvalue weighted by atomic mass is 16.5. The molecule has 0 spiro atoms. The Hall–Kier alpha value is -0.860. The van der Waals surface area contributed by atoms with Crippen LogP contribution >= 0.6 is 0 Å². The van der Waals surface area contributed by atoms with Crippen molar-refractivity contribution in [2.45, 2.75) is 25.2 Å². The van der Waals surface area contributed by atoms with Gasteiger partial charge in [0.2, 0.25) is 0 Å². The summed E-state index contributed by atoms with van der Waals surface area (Å²) in [6.45, 7) is 2.90. The summed E-state index contributed by atoms with van der Waals surface area (Å²) in [4.78, 5) is 0. The highest BCUT2D eigenvalue weighted by molar-refractivity contribution is 5.31. The van der Waals surface area contributed by atoms with E-state index in [2.05, 4.69) is 29.6 Å². The molecule has 0 amide bonds. The Morgan fingerprint density at radius 3 is 2.75 bits per heavy atom. The van der Waals surface area contributed by atoms with Crippen LogP contribution in [0.5, 0.6) is 0 Å². The standard InChI is InChI=1S/C14H21NO/c1-15-9-6-12-4-2-3-5-14(12)13-7-10-16-11-8-13/h2-5,13,15H,6-11H2,1H3. The number of nitrogens with one attached hydrogen (secondary N) is 1. The van der Waals surface area contributed by atoms with E-state index in [0.717, 1.165) is 26.2 Å². The minimum Gasteiger partial charge on any atom is -0.381 e. The van der Waals surface area contributed by atoms with E-state index in [0.29, 0.717) is 5.92 Å². The van der Waals surface area contributed by atoms with E-state index in [4.69, 9.17) is 4.74 Å². The van der Waals surface area contributed by atoms with Crippen molar-refractivity contribution in [3.05, 3.63) is 35.4 Å². The molecule has 0 saturated carbocycles. The molecule has 1 aliphatic rings. The van der Waals surface area contributed by atoms with Crippen molar-refractivity contribution >= 4 is 0 Å². The fourth-order valence-corrected chi connectivity index (χ4v) is 2.43. The van der Waals surface area contributed by atoms with E-state index in [9.17, 15) is 0 Å². The van der Waals surface area contributed by atoms with Gasteiger partial charge in [-0.1, -0.05) is 24.3 Å². The molecule has 0 atom stereocenters. The topological polar surface area (TPSA) is 21.3 Å². The third kappa shape index (κ3) is 2.83. The van der Waals surface area contributed by atoms with Crippen molar-refractivity contribution in [2.75, 3.05) is 26.8 Å². The normalized spacial score (nSPS) is 17.6. The SMILES string of the molecule is CNCCc1ccccc1C1CCOCC1. The molecule has 16 heavy (non-hydrogen) atoms. The van der Waals surface area contributed by atoms with E-state index in [1.54, 1.807) is 5.56 Å². The Morgan fingerprint density at radius 2 is 2.00 bits per heavy atom. The second-order valence-corrected chi connectivity index (χ2v) is 4.44. The minimum atomic E-state index is 0.710. The predicted molar refractivity (Wildman–Crippen MR) is 66.9 cm³/mol. The van der Waals surface area contributed by atoms with Crippen LogP contribution in [-0.4, -0.2) is 26.8 Å². The van der Waals surface area contributed by atoms with Gasteiger partial charge in [0.1, 0.15) is 0 Å². The van der Waals surface area contributed by atoms with Crippen LogP contribution in [-0.2, 0) is 11.2 Å². The number of ether oxygens (including phenoxy) is 1. The summed E-state index contributed by atoms with van der Waals surface area (Å²) in [5.41, 5.74) is 3.05. The van der Waals surface area contributed by atoms with Crippen LogP contribution in [0.3, 0.4) is 0 Å². The van der Waals surface area contributed by atoms with Gasteiger partial charge >= 0.3 is 0 Å². The Kier molecular flexibility index (Phi) is 4.37. The molecular weight excluding hydrogens is 198 g/mol. The minimum absolute atomic E-state index is 0.710. The van der Waals surface area contributed by atoms with Crippen molar-refractivity contribution in [2.24, 2.45) is 0 Å². The monoisotopic (exact) mass is 219 g/mol. The van der Waals surface area contributed by atoms with Gasteiger partial charge in [0.15, 0.2) is 0 Å². The first kappa shape index (κ1) is 11.6. The lowest BCUT2D eigenvalue weighted by atomic mass is 9.87. The van der Waals surface area contributed by atoms with Gasteiger partial charge in [-0.25, -0.2) is 0 Å². The van der Waals surface area contributed by atoms with Gasteiger partial charge in [-0.3, -0.25) is 0 Å². The first-order chi connectivity index (χ1) is 7.92. The molecule has 1 saturated heterocycles. The van der Waals surface area contributed by atoms with Crippen LogP contribution in [0.4, 0.5) is 0 Å². The largest absolute Gasteiger partial charge is 0.381 e. The van der Waals surface area contributed by atoms with Crippen molar-refractivity contribution in [1.82, 2.24) is 5.32 Å². The fraction of sp³-hybridized carbons (Fsp3) is 0.571. The van der Waals surface area contributed by atoms with Crippen LogP contribution in [0.25, 0.3) is 0 Å². The zero-order chi connectivity index (χ0) is 11.2. The highest BCUT2D eigenvalue weighted by Crippen LogP contribution is 2.29. The number of likely N-dealkylation sites (N-methyl/N-ethyl adjacent to an activating group) is 1. The number of hydrogen-bond acceptors (Lipinski definition) is 2.